The first kappa shape index (κ1) is 21.3. The number of benzene rings is 1. The molecule has 5 rings (SSSR count). The second-order valence-corrected chi connectivity index (χ2v) is 8.28. The molecule has 4 N–H and O–H groups in total. The lowest BCUT2D eigenvalue weighted by Crippen LogP contribution is -2.52. The van der Waals surface area contributed by atoms with Gasteiger partial charge in [0.2, 0.25) is 0 Å². The van der Waals surface area contributed by atoms with Crippen LogP contribution >= 0.6 is 0 Å². The summed E-state index contributed by atoms with van der Waals surface area (Å²) in [6.07, 6.45) is 11.5. The summed E-state index contributed by atoms with van der Waals surface area (Å²) in [5.74, 6) is 0.448. The maximum absolute atomic E-state index is 13.1. The van der Waals surface area contributed by atoms with Gasteiger partial charge in [0.15, 0.2) is 0 Å². The van der Waals surface area contributed by atoms with Crippen molar-refractivity contribution in [2.75, 3.05) is 32.8 Å². The summed E-state index contributed by atoms with van der Waals surface area (Å²) in [7, 11) is 0. The third-order valence-electron chi connectivity index (χ3n) is 6.10. The van der Waals surface area contributed by atoms with Crippen LogP contribution in [0.15, 0.2) is 72.4 Å². The third kappa shape index (κ3) is 4.64. The van der Waals surface area contributed by atoms with Gasteiger partial charge < -0.3 is 20.7 Å². The summed E-state index contributed by atoms with van der Waals surface area (Å²) >= 11 is 0. The van der Waals surface area contributed by atoms with Gasteiger partial charge in [-0.05, 0) is 23.8 Å². The number of morpholine rings is 1. The molecule has 4 aliphatic heterocycles. The zero-order valence-electron chi connectivity index (χ0n) is 18.2. The van der Waals surface area contributed by atoms with E-state index in [2.05, 4.69) is 38.4 Å². The highest BCUT2D eigenvalue weighted by Gasteiger charge is 2.34. The number of hydrogen-bond donors (Lipinski definition) is 4. The van der Waals surface area contributed by atoms with Crippen molar-refractivity contribution in [3.05, 3.63) is 83.5 Å². The second-order valence-electron chi connectivity index (χ2n) is 8.28. The predicted molar refractivity (Wildman–Crippen MR) is 123 cm³/mol. The number of nitrogens with one attached hydrogen (secondary N) is 4. The van der Waals surface area contributed by atoms with Crippen molar-refractivity contribution in [1.82, 2.24) is 31.3 Å². The Morgan fingerprint density at radius 2 is 2.06 bits per heavy atom. The molecule has 3 atom stereocenters. The molecule has 0 saturated carbocycles. The van der Waals surface area contributed by atoms with Crippen LogP contribution in [0.4, 0.5) is 0 Å². The largest absolute Gasteiger partial charge is 0.379 e. The molecule has 33 heavy (non-hydrogen) atoms. The van der Waals surface area contributed by atoms with Crippen LogP contribution in [0.1, 0.15) is 17.2 Å². The number of dihydropyridines is 1. The first-order valence-corrected chi connectivity index (χ1v) is 11.2. The monoisotopic (exact) mass is 445 g/mol. The van der Waals surface area contributed by atoms with Gasteiger partial charge in [-0.25, -0.2) is 5.43 Å². The second kappa shape index (κ2) is 9.50. The standard InChI is InChI=1S/C24H27N7O2/c25-14-17-4-1-2-6-19(17)20-8-9-23-26-15-21(31(23)29-20)24(32)28-22-7-3-5-18(27-22)16-30-10-12-33-13-11-30/h1-9,15,18,20,23,26-27,29H,10-13,16H2,(H,28,32). The van der Waals surface area contributed by atoms with E-state index < -0.39 is 0 Å². The molecule has 1 aromatic carbocycles. The molecule has 0 aromatic heterocycles. The van der Waals surface area contributed by atoms with Crippen LogP contribution in [-0.4, -0.2) is 60.9 Å². The molecular formula is C24H27N7O2. The van der Waals surface area contributed by atoms with E-state index in [0.717, 1.165) is 38.4 Å². The Labute approximate surface area is 193 Å². The van der Waals surface area contributed by atoms with Crippen LogP contribution in [0.3, 0.4) is 0 Å². The number of fused-ring (bicyclic) bond motifs is 1. The van der Waals surface area contributed by atoms with Crippen molar-refractivity contribution in [2.45, 2.75) is 18.2 Å². The average Bonchev–Trinajstić information content (AvgIpc) is 3.28. The molecule has 1 aromatic rings. The number of allylic oxidation sites excluding steroid dienone is 2. The average molecular weight is 446 g/mol. The zero-order valence-corrected chi connectivity index (χ0v) is 18.2. The van der Waals surface area contributed by atoms with Crippen LogP contribution in [0.5, 0.6) is 0 Å². The quantitative estimate of drug-likeness (QED) is 0.488. The van der Waals surface area contributed by atoms with Crippen LogP contribution in [0.25, 0.3) is 0 Å². The number of carbonyl (C=O) groups is 1. The first-order chi connectivity index (χ1) is 16.2. The summed E-state index contributed by atoms with van der Waals surface area (Å²) in [5, 5.41) is 20.9. The molecule has 4 heterocycles. The number of ether oxygens (including phenoxy) is 1. The SMILES string of the molecule is N#Cc1ccccc1C1C=CC2NC=C(C(=O)NC3=CC=CC(CN4CCOCC4)N3)N2N1. The van der Waals surface area contributed by atoms with Gasteiger partial charge in [0, 0.05) is 25.8 Å². The first-order valence-electron chi connectivity index (χ1n) is 11.2. The Kier molecular flexibility index (Phi) is 6.13. The molecule has 0 aliphatic carbocycles. The summed E-state index contributed by atoms with van der Waals surface area (Å²) in [4.78, 5) is 15.5. The van der Waals surface area contributed by atoms with E-state index in [9.17, 15) is 10.1 Å². The summed E-state index contributed by atoms with van der Waals surface area (Å²) in [6.45, 7) is 4.21. The summed E-state index contributed by atoms with van der Waals surface area (Å²) in [6, 6.07) is 9.63. The zero-order chi connectivity index (χ0) is 22.6. The van der Waals surface area contributed by atoms with E-state index >= 15 is 0 Å². The van der Waals surface area contributed by atoms with Gasteiger partial charge in [-0.3, -0.25) is 14.7 Å². The van der Waals surface area contributed by atoms with Gasteiger partial charge in [-0.15, -0.1) is 0 Å². The lowest BCUT2D eigenvalue weighted by molar-refractivity contribution is -0.119. The molecular weight excluding hydrogens is 418 g/mol. The lowest BCUT2D eigenvalue weighted by Gasteiger charge is -2.35. The third-order valence-corrected chi connectivity index (χ3v) is 6.10. The highest BCUT2D eigenvalue weighted by molar-refractivity contribution is 5.94. The fourth-order valence-corrected chi connectivity index (χ4v) is 4.39. The molecule has 3 unspecified atom stereocenters. The van der Waals surface area contributed by atoms with Crippen LogP contribution in [0.2, 0.25) is 0 Å². The number of nitriles is 1. The topological polar surface area (TPSA) is 105 Å². The van der Waals surface area contributed by atoms with E-state index in [1.807, 2.05) is 42.5 Å². The molecule has 0 spiro atoms. The maximum Gasteiger partial charge on any atom is 0.276 e. The fourth-order valence-electron chi connectivity index (χ4n) is 4.39. The minimum atomic E-state index is -0.223. The van der Waals surface area contributed by atoms with Crippen LogP contribution in [0, 0.1) is 11.3 Å². The highest BCUT2D eigenvalue weighted by Crippen LogP contribution is 2.26. The minimum Gasteiger partial charge on any atom is -0.379 e. The molecule has 9 heteroatoms. The Hall–Kier alpha value is -3.58. The van der Waals surface area contributed by atoms with Crippen molar-refractivity contribution in [3.63, 3.8) is 0 Å². The summed E-state index contributed by atoms with van der Waals surface area (Å²) in [5.41, 5.74) is 5.32. The van der Waals surface area contributed by atoms with E-state index in [1.54, 1.807) is 17.3 Å². The Balaban J connectivity index is 1.22. The molecule has 4 aliphatic rings. The Bertz CT molecular complexity index is 1060. The van der Waals surface area contributed by atoms with Gasteiger partial charge in [-0.2, -0.15) is 5.26 Å². The van der Waals surface area contributed by atoms with Gasteiger partial charge in [0.25, 0.3) is 5.91 Å². The number of rotatable bonds is 5. The molecule has 1 saturated heterocycles. The number of hydrazine groups is 1. The predicted octanol–water partition coefficient (Wildman–Crippen LogP) is 0.564. The van der Waals surface area contributed by atoms with E-state index in [0.29, 0.717) is 17.1 Å². The molecule has 1 amide bonds. The van der Waals surface area contributed by atoms with Crippen molar-refractivity contribution >= 4 is 5.91 Å². The minimum absolute atomic E-state index is 0.120. The van der Waals surface area contributed by atoms with Gasteiger partial charge in [-0.1, -0.05) is 36.4 Å². The van der Waals surface area contributed by atoms with Crippen LogP contribution < -0.4 is 21.4 Å². The van der Waals surface area contributed by atoms with E-state index in [4.69, 9.17) is 4.74 Å². The van der Waals surface area contributed by atoms with Crippen molar-refractivity contribution in [2.24, 2.45) is 0 Å². The van der Waals surface area contributed by atoms with Gasteiger partial charge in [0.05, 0.1) is 36.9 Å². The number of carbonyl (C=O) groups excluding carboxylic acids is 1. The number of nitrogens with zero attached hydrogens (tertiary/aromatic N) is 3. The molecule has 1 fully saturated rings. The Morgan fingerprint density at radius 1 is 1.21 bits per heavy atom. The van der Waals surface area contributed by atoms with Crippen LogP contribution in [-0.2, 0) is 9.53 Å². The molecule has 0 bridgehead atoms. The highest BCUT2D eigenvalue weighted by atomic mass is 16.5. The fraction of sp³-hybridized carbons (Fsp3) is 0.333. The Morgan fingerprint density at radius 3 is 2.91 bits per heavy atom. The van der Waals surface area contributed by atoms with Gasteiger partial charge in [0.1, 0.15) is 17.7 Å². The van der Waals surface area contributed by atoms with Crippen molar-refractivity contribution in [3.8, 4) is 6.07 Å². The van der Waals surface area contributed by atoms with Gasteiger partial charge >= 0.3 is 0 Å². The molecule has 9 nitrogen and oxygen atoms in total. The summed E-state index contributed by atoms with van der Waals surface area (Å²) < 4.78 is 5.42. The molecule has 0 radical (unpaired) electrons. The van der Waals surface area contributed by atoms with E-state index in [-0.39, 0.29) is 24.2 Å². The van der Waals surface area contributed by atoms with Crippen molar-refractivity contribution < 1.29 is 9.53 Å². The number of hydrogen-bond acceptors (Lipinski definition) is 8. The lowest BCUT2D eigenvalue weighted by atomic mass is 10.00. The van der Waals surface area contributed by atoms with Crippen molar-refractivity contribution in [1.29, 1.82) is 5.26 Å². The smallest absolute Gasteiger partial charge is 0.276 e. The number of amides is 1. The maximum atomic E-state index is 13.1. The van der Waals surface area contributed by atoms with E-state index in [1.165, 1.54) is 0 Å². The normalized spacial score (nSPS) is 26.4. The molecule has 170 valence electrons.